The van der Waals surface area contributed by atoms with Gasteiger partial charge in [-0.25, -0.2) is 0 Å². The molecule has 0 spiro atoms. The first kappa shape index (κ1) is 9.58. The largest absolute Gasteiger partial charge is 0.710 e. The third kappa shape index (κ3) is 2.78. The summed E-state index contributed by atoms with van der Waals surface area (Å²) in [5, 5.41) is 17.5. The Hall–Kier alpha value is -1.51. The van der Waals surface area contributed by atoms with Gasteiger partial charge in [0.05, 0.1) is 11.6 Å². The van der Waals surface area contributed by atoms with Crippen molar-refractivity contribution in [1.82, 2.24) is 0 Å². The molecule has 0 heterocycles. The second-order valence-electron chi connectivity index (χ2n) is 2.30. The normalized spacial score (nSPS) is 9.00. The first-order valence-electron chi connectivity index (χ1n) is 3.64. The SMILES string of the molecule is COB(O)Oc1cccc(C#N)c1. The molecule has 0 amide bonds. The zero-order chi connectivity index (χ0) is 9.68. The summed E-state index contributed by atoms with van der Waals surface area (Å²) in [6.07, 6.45) is 0. The molecule has 4 nitrogen and oxygen atoms in total. The van der Waals surface area contributed by atoms with Crippen LogP contribution in [0.1, 0.15) is 5.56 Å². The van der Waals surface area contributed by atoms with Crippen LogP contribution in [-0.4, -0.2) is 19.5 Å². The Morgan fingerprint density at radius 3 is 2.92 bits per heavy atom. The van der Waals surface area contributed by atoms with Crippen molar-refractivity contribution in [3.05, 3.63) is 29.8 Å². The molecule has 0 fully saturated rings. The molecule has 0 aliphatic carbocycles. The Balaban J connectivity index is 2.73. The van der Waals surface area contributed by atoms with E-state index in [0.717, 1.165) is 0 Å². The van der Waals surface area contributed by atoms with Crippen molar-refractivity contribution in [1.29, 1.82) is 5.26 Å². The lowest BCUT2D eigenvalue weighted by Gasteiger charge is -2.06. The molecule has 0 saturated carbocycles. The van der Waals surface area contributed by atoms with Crippen molar-refractivity contribution in [3.8, 4) is 11.8 Å². The topological polar surface area (TPSA) is 62.5 Å². The van der Waals surface area contributed by atoms with Crippen molar-refractivity contribution < 1.29 is 14.3 Å². The van der Waals surface area contributed by atoms with Crippen molar-refractivity contribution in [3.63, 3.8) is 0 Å². The number of nitriles is 1. The van der Waals surface area contributed by atoms with Gasteiger partial charge in [-0.15, -0.1) is 0 Å². The van der Waals surface area contributed by atoms with Crippen LogP contribution < -0.4 is 4.65 Å². The van der Waals surface area contributed by atoms with Crippen LogP contribution in [0, 0.1) is 11.3 Å². The maximum absolute atomic E-state index is 8.95. The van der Waals surface area contributed by atoms with Gasteiger partial charge in [0.1, 0.15) is 5.75 Å². The summed E-state index contributed by atoms with van der Waals surface area (Å²) in [6.45, 7) is 0. The number of hydrogen-bond donors (Lipinski definition) is 1. The molecule has 1 rings (SSSR count). The third-order valence-corrected chi connectivity index (χ3v) is 1.40. The molecule has 5 heteroatoms. The average molecular weight is 177 g/mol. The Morgan fingerprint density at radius 2 is 2.31 bits per heavy atom. The van der Waals surface area contributed by atoms with Gasteiger partial charge in [-0.1, -0.05) is 6.07 Å². The fourth-order valence-electron chi connectivity index (χ4n) is 0.803. The van der Waals surface area contributed by atoms with E-state index in [4.69, 9.17) is 14.9 Å². The van der Waals surface area contributed by atoms with E-state index in [1.807, 2.05) is 6.07 Å². The van der Waals surface area contributed by atoms with E-state index in [-0.39, 0.29) is 0 Å². The average Bonchev–Trinajstić information content (AvgIpc) is 2.18. The molecule has 0 aromatic heterocycles. The zero-order valence-electron chi connectivity index (χ0n) is 7.10. The summed E-state index contributed by atoms with van der Waals surface area (Å²) < 4.78 is 9.37. The Bertz CT molecular complexity index is 323. The van der Waals surface area contributed by atoms with E-state index in [0.29, 0.717) is 11.3 Å². The highest BCUT2D eigenvalue weighted by Crippen LogP contribution is 2.12. The quantitative estimate of drug-likeness (QED) is 0.685. The van der Waals surface area contributed by atoms with Crippen LogP contribution >= 0.6 is 0 Å². The second kappa shape index (κ2) is 4.50. The van der Waals surface area contributed by atoms with Gasteiger partial charge in [0, 0.05) is 7.11 Å². The van der Waals surface area contributed by atoms with E-state index >= 15 is 0 Å². The maximum Gasteiger partial charge on any atom is 0.710 e. The predicted octanol–water partition coefficient (Wildman–Crippen LogP) is 0.561. The van der Waals surface area contributed by atoms with E-state index < -0.39 is 7.32 Å². The molecule has 0 unspecified atom stereocenters. The zero-order valence-corrected chi connectivity index (χ0v) is 7.10. The summed E-state index contributed by atoms with van der Waals surface area (Å²) in [5.74, 6) is 0.397. The lowest BCUT2D eigenvalue weighted by Crippen LogP contribution is -2.24. The van der Waals surface area contributed by atoms with Crippen LogP contribution in [0.25, 0.3) is 0 Å². The second-order valence-corrected chi connectivity index (χ2v) is 2.30. The van der Waals surface area contributed by atoms with Crippen LogP contribution in [0.5, 0.6) is 5.75 Å². The molecule has 1 aromatic rings. The number of nitrogens with zero attached hydrogens (tertiary/aromatic N) is 1. The Morgan fingerprint density at radius 1 is 1.54 bits per heavy atom. The number of rotatable bonds is 3. The van der Waals surface area contributed by atoms with E-state index in [1.54, 1.807) is 18.2 Å². The first-order valence-corrected chi connectivity index (χ1v) is 3.64. The standard InChI is InChI=1S/C8H8BNO3/c1-12-9(11)13-8-4-2-3-7(5-8)6-10/h2-5,11H,1H3. The fourth-order valence-corrected chi connectivity index (χ4v) is 0.803. The molecule has 0 aliphatic rings. The molecule has 1 aromatic carbocycles. The molecular formula is C8H8BNO3. The van der Waals surface area contributed by atoms with Crippen molar-refractivity contribution >= 4 is 7.32 Å². The van der Waals surface area contributed by atoms with Gasteiger partial charge in [0.2, 0.25) is 0 Å². The van der Waals surface area contributed by atoms with Crippen LogP contribution in [-0.2, 0) is 4.65 Å². The summed E-state index contributed by atoms with van der Waals surface area (Å²) in [5.41, 5.74) is 0.473. The van der Waals surface area contributed by atoms with Gasteiger partial charge in [-0.2, -0.15) is 5.26 Å². The third-order valence-electron chi connectivity index (χ3n) is 1.40. The maximum atomic E-state index is 8.95. The predicted molar refractivity (Wildman–Crippen MR) is 46.8 cm³/mol. The van der Waals surface area contributed by atoms with Crippen LogP contribution in [0.15, 0.2) is 24.3 Å². The number of hydrogen-bond acceptors (Lipinski definition) is 4. The van der Waals surface area contributed by atoms with E-state index in [9.17, 15) is 0 Å². The highest BCUT2D eigenvalue weighted by atomic mass is 16.7. The molecule has 0 atom stereocenters. The molecule has 0 radical (unpaired) electrons. The summed E-state index contributed by atoms with van der Waals surface area (Å²) in [7, 11) is 0.0210. The molecule has 1 N–H and O–H groups in total. The van der Waals surface area contributed by atoms with Gasteiger partial charge in [-0.05, 0) is 18.2 Å². The van der Waals surface area contributed by atoms with E-state index in [1.165, 1.54) is 13.2 Å². The molecule has 0 saturated heterocycles. The van der Waals surface area contributed by atoms with Gasteiger partial charge in [0.25, 0.3) is 0 Å². The molecule has 0 bridgehead atoms. The van der Waals surface area contributed by atoms with Crippen LogP contribution in [0.2, 0.25) is 0 Å². The lowest BCUT2D eigenvalue weighted by molar-refractivity contribution is 0.238. The number of benzene rings is 1. The van der Waals surface area contributed by atoms with Crippen molar-refractivity contribution in [2.75, 3.05) is 7.11 Å². The monoisotopic (exact) mass is 177 g/mol. The smallest absolute Gasteiger partial charge is 0.512 e. The molecule has 13 heavy (non-hydrogen) atoms. The molecule has 66 valence electrons. The van der Waals surface area contributed by atoms with Crippen LogP contribution in [0.4, 0.5) is 0 Å². The minimum atomic E-state index is -1.30. The van der Waals surface area contributed by atoms with Gasteiger partial charge >= 0.3 is 7.32 Å². The van der Waals surface area contributed by atoms with Crippen molar-refractivity contribution in [2.24, 2.45) is 0 Å². The van der Waals surface area contributed by atoms with Crippen LogP contribution in [0.3, 0.4) is 0 Å². The first-order chi connectivity index (χ1) is 6.26. The van der Waals surface area contributed by atoms with Crippen molar-refractivity contribution in [2.45, 2.75) is 0 Å². The molecular weight excluding hydrogens is 169 g/mol. The highest BCUT2D eigenvalue weighted by molar-refractivity contribution is 6.35. The van der Waals surface area contributed by atoms with Gasteiger partial charge in [-0.3, -0.25) is 0 Å². The minimum absolute atomic E-state index is 0.397. The summed E-state index contributed by atoms with van der Waals surface area (Å²) >= 11 is 0. The van der Waals surface area contributed by atoms with Gasteiger partial charge < -0.3 is 14.3 Å². The highest BCUT2D eigenvalue weighted by Gasteiger charge is 2.15. The summed E-state index contributed by atoms with van der Waals surface area (Å²) in [4.78, 5) is 0. The molecule has 0 aliphatic heterocycles. The van der Waals surface area contributed by atoms with Gasteiger partial charge in [0.15, 0.2) is 0 Å². The van der Waals surface area contributed by atoms with E-state index in [2.05, 4.69) is 4.65 Å². The minimum Gasteiger partial charge on any atom is -0.512 e. The summed E-state index contributed by atoms with van der Waals surface area (Å²) in [6, 6.07) is 8.41. The lowest BCUT2D eigenvalue weighted by atomic mass is 10.2. The Labute approximate surface area is 76.5 Å². The Kier molecular flexibility index (Phi) is 3.32. The fraction of sp³-hybridized carbons (Fsp3) is 0.125.